The van der Waals surface area contributed by atoms with Crippen molar-refractivity contribution in [2.75, 3.05) is 24.3 Å². The van der Waals surface area contributed by atoms with Gasteiger partial charge in [0, 0.05) is 11.9 Å². The van der Waals surface area contributed by atoms with Crippen molar-refractivity contribution in [2.45, 2.75) is 0 Å². The second kappa shape index (κ2) is 4.72. The second-order valence-corrected chi connectivity index (χ2v) is 5.84. The van der Waals surface area contributed by atoms with Gasteiger partial charge in [0.15, 0.2) is 9.84 Å². The van der Waals surface area contributed by atoms with Crippen LogP contribution >= 0.6 is 11.6 Å². The molecule has 0 bridgehead atoms. The van der Waals surface area contributed by atoms with E-state index < -0.39 is 9.84 Å². The average molecular weight is 250 g/mol. The van der Waals surface area contributed by atoms with E-state index in [2.05, 4.69) is 0 Å². The van der Waals surface area contributed by atoms with Crippen LogP contribution in [0.2, 0.25) is 5.02 Å². The minimum Gasteiger partial charge on any atom is -0.491 e. The van der Waals surface area contributed by atoms with Crippen LogP contribution in [0, 0.1) is 0 Å². The molecule has 1 aromatic carbocycles. The Kier molecular flexibility index (Phi) is 3.82. The molecule has 0 saturated heterocycles. The predicted octanol–water partition coefficient (Wildman–Crippen LogP) is 1.35. The van der Waals surface area contributed by atoms with E-state index in [9.17, 15) is 8.42 Å². The van der Waals surface area contributed by atoms with E-state index in [0.29, 0.717) is 16.5 Å². The highest BCUT2D eigenvalue weighted by Gasteiger charge is 2.05. The zero-order valence-electron chi connectivity index (χ0n) is 8.23. The van der Waals surface area contributed by atoms with Crippen LogP contribution < -0.4 is 10.5 Å². The van der Waals surface area contributed by atoms with Gasteiger partial charge in [-0.3, -0.25) is 0 Å². The Hall–Kier alpha value is -0.940. The van der Waals surface area contributed by atoms with Crippen molar-refractivity contribution in [1.29, 1.82) is 0 Å². The number of benzene rings is 1. The van der Waals surface area contributed by atoms with Crippen LogP contribution in [0.4, 0.5) is 5.69 Å². The third-order valence-electron chi connectivity index (χ3n) is 1.67. The van der Waals surface area contributed by atoms with E-state index in [-0.39, 0.29) is 12.4 Å². The van der Waals surface area contributed by atoms with Gasteiger partial charge < -0.3 is 10.5 Å². The summed E-state index contributed by atoms with van der Waals surface area (Å²) in [6.45, 7) is 0.0858. The Labute approximate surface area is 93.9 Å². The Balaban J connectivity index is 2.59. The quantitative estimate of drug-likeness (QED) is 0.818. The predicted molar refractivity (Wildman–Crippen MR) is 61.1 cm³/mol. The number of halogens is 1. The molecule has 0 radical (unpaired) electrons. The van der Waals surface area contributed by atoms with Gasteiger partial charge in [0.25, 0.3) is 0 Å². The van der Waals surface area contributed by atoms with Crippen molar-refractivity contribution >= 4 is 27.1 Å². The molecule has 0 unspecified atom stereocenters. The molecule has 0 aliphatic carbocycles. The molecule has 0 fully saturated rings. The van der Waals surface area contributed by atoms with E-state index in [1.165, 1.54) is 0 Å². The molecule has 0 atom stereocenters. The van der Waals surface area contributed by atoms with Gasteiger partial charge in [-0.25, -0.2) is 8.42 Å². The lowest BCUT2D eigenvalue weighted by atomic mass is 10.3. The van der Waals surface area contributed by atoms with Crippen LogP contribution in [-0.2, 0) is 9.84 Å². The summed E-state index contributed by atoms with van der Waals surface area (Å²) in [5.74, 6) is 0.405. The first kappa shape index (κ1) is 12.1. The molecule has 0 aliphatic heterocycles. The number of nitrogens with two attached hydrogens (primary N) is 1. The Morgan fingerprint density at radius 2 is 2.13 bits per heavy atom. The van der Waals surface area contributed by atoms with Crippen molar-refractivity contribution in [3.8, 4) is 5.75 Å². The molecule has 0 spiro atoms. The van der Waals surface area contributed by atoms with Gasteiger partial charge in [0.2, 0.25) is 0 Å². The molecule has 0 aromatic heterocycles. The molecule has 0 heterocycles. The summed E-state index contributed by atoms with van der Waals surface area (Å²) in [6, 6.07) is 4.80. The normalized spacial score (nSPS) is 11.3. The third kappa shape index (κ3) is 4.40. The third-order valence-corrected chi connectivity index (χ3v) is 2.87. The summed E-state index contributed by atoms with van der Waals surface area (Å²) in [7, 11) is -3.01. The minimum absolute atomic E-state index is 0.0340. The summed E-state index contributed by atoms with van der Waals surface area (Å²) in [6.07, 6.45) is 1.15. The van der Waals surface area contributed by atoms with E-state index in [4.69, 9.17) is 22.1 Å². The first-order valence-electron chi connectivity index (χ1n) is 4.24. The lowest BCUT2D eigenvalue weighted by Gasteiger charge is -2.07. The molecular weight excluding hydrogens is 238 g/mol. The Bertz CT molecular complexity index is 445. The number of ether oxygens (including phenoxy) is 1. The standard InChI is InChI=1S/C9H12ClNO3S/c1-15(12,13)5-4-14-9-3-2-7(11)6-8(9)10/h2-3,6H,4-5,11H2,1H3. The fourth-order valence-corrected chi connectivity index (χ4v) is 1.57. The van der Waals surface area contributed by atoms with Gasteiger partial charge in [-0.05, 0) is 18.2 Å². The summed E-state index contributed by atoms with van der Waals surface area (Å²) in [5.41, 5.74) is 6.03. The maximum Gasteiger partial charge on any atom is 0.150 e. The fourth-order valence-electron chi connectivity index (χ4n) is 0.937. The highest BCUT2D eigenvalue weighted by atomic mass is 35.5. The highest BCUT2D eigenvalue weighted by molar-refractivity contribution is 7.90. The van der Waals surface area contributed by atoms with E-state index >= 15 is 0 Å². The lowest BCUT2D eigenvalue weighted by Crippen LogP contribution is -2.12. The fraction of sp³-hybridized carbons (Fsp3) is 0.333. The maximum absolute atomic E-state index is 10.8. The molecule has 1 aromatic rings. The molecular formula is C9H12ClNO3S. The Morgan fingerprint density at radius 3 is 2.67 bits per heavy atom. The number of hydrogen-bond acceptors (Lipinski definition) is 4. The number of rotatable bonds is 4. The maximum atomic E-state index is 10.8. The topological polar surface area (TPSA) is 69.4 Å². The summed E-state index contributed by atoms with van der Waals surface area (Å²) in [4.78, 5) is 0. The van der Waals surface area contributed by atoms with Crippen molar-refractivity contribution in [1.82, 2.24) is 0 Å². The van der Waals surface area contributed by atoms with Crippen molar-refractivity contribution in [3.05, 3.63) is 23.2 Å². The van der Waals surface area contributed by atoms with Crippen molar-refractivity contribution < 1.29 is 13.2 Å². The molecule has 0 saturated carbocycles. The minimum atomic E-state index is -3.01. The van der Waals surface area contributed by atoms with Crippen LogP contribution in [0.1, 0.15) is 0 Å². The summed E-state index contributed by atoms with van der Waals surface area (Å²) < 4.78 is 26.9. The molecule has 84 valence electrons. The van der Waals surface area contributed by atoms with Crippen LogP contribution in [0.3, 0.4) is 0 Å². The molecule has 6 heteroatoms. The van der Waals surface area contributed by atoms with Gasteiger partial charge in [0.1, 0.15) is 12.4 Å². The molecule has 0 aliphatic rings. The van der Waals surface area contributed by atoms with Gasteiger partial charge in [-0.1, -0.05) is 11.6 Å². The van der Waals surface area contributed by atoms with Crippen LogP contribution in [0.15, 0.2) is 18.2 Å². The van der Waals surface area contributed by atoms with Gasteiger partial charge in [0.05, 0.1) is 10.8 Å². The highest BCUT2D eigenvalue weighted by Crippen LogP contribution is 2.26. The van der Waals surface area contributed by atoms with E-state index in [0.717, 1.165) is 6.26 Å². The second-order valence-electron chi connectivity index (χ2n) is 3.17. The number of nitrogen functional groups attached to an aromatic ring is 1. The first-order chi connectivity index (χ1) is 6.88. The average Bonchev–Trinajstić information content (AvgIpc) is 2.07. The van der Waals surface area contributed by atoms with E-state index in [1.54, 1.807) is 18.2 Å². The van der Waals surface area contributed by atoms with Crippen LogP contribution in [0.25, 0.3) is 0 Å². The van der Waals surface area contributed by atoms with Crippen LogP contribution in [-0.4, -0.2) is 27.0 Å². The smallest absolute Gasteiger partial charge is 0.150 e. The monoisotopic (exact) mass is 249 g/mol. The van der Waals surface area contributed by atoms with E-state index in [1.807, 2.05) is 0 Å². The zero-order valence-corrected chi connectivity index (χ0v) is 9.81. The SMILES string of the molecule is CS(=O)(=O)CCOc1ccc(N)cc1Cl. The molecule has 2 N–H and O–H groups in total. The van der Waals surface area contributed by atoms with Gasteiger partial charge in [-0.2, -0.15) is 0 Å². The van der Waals surface area contributed by atoms with Gasteiger partial charge >= 0.3 is 0 Å². The number of hydrogen-bond donors (Lipinski definition) is 1. The lowest BCUT2D eigenvalue weighted by molar-refractivity contribution is 0.341. The summed E-state index contributed by atoms with van der Waals surface area (Å²) in [5, 5.41) is 0.378. The Morgan fingerprint density at radius 1 is 1.47 bits per heavy atom. The zero-order chi connectivity index (χ0) is 11.5. The molecule has 15 heavy (non-hydrogen) atoms. The molecule has 0 amide bonds. The van der Waals surface area contributed by atoms with Crippen molar-refractivity contribution in [3.63, 3.8) is 0 Å². The first-order valence-corrected chi connectivity index (χ1v) is 6.68. The summed E-state index contributed by atoms with van der Waals surface area (Å²) >= 11 is 5.83. The number of anilines is 1. The molecule has 4 nitrogen and oxygen atoms in total. The van der Waals surface area contributed by atoms with Gasteiger partial charge in [-0.15, -0.1) is 0 Å². The van der Waals surface area contributed by atoms with Crippen molar-refractivity contribution in [2.24, 2.45) is 0 Å². The molecule has 1 rings (SSSR count). The van der Waals surface area contributed by atoms with Crippen LogP contribution in [0.5, 0.6) is 5.75 Å². The largest absolute Gasteiger partial charge is 0.491 e. The number of sulfone groups is 1.